The highest BCUT2D eigenvalue weighted by molar-refractivity contribution is 9.10. The summed E-state index contributed by atoms with van der Waals surface area (Å²) >= 11 is 3.21. The van der Waals surface area contributed by atoms with Crippen molar-refractivity contribution in [1.29, 1.82) is 0 Å². The van der Waals surface area contributed by atoms with Crippen LogP contribution in [-0.2, 0) is 21.2 Å². The zero-order valence-corrected chi connectivity index (χ0v) is 13.2. The SMILES string of the molecule is CC(CCO)NS(=O)(=O)c1cc2c(cc1Br)NC(=O)C2. The number of amides is 1. The largest absolute Gasteiger partial charge is 0.396 e. The third-order valence-electron chi connectivity index (χ3n) is 2.99. The maximum absolute atomic E-state index is 12.3. The van der Waals surface area contributed by atoms with Gasteiger partial charge >= 0.3 is 0 Å². The molecule has 1 amide bonds. The Morgan fingerprint density at radius 3 is 2.85 bits per heavy atom. The normalized spacial score (nSPS) is 15.8. The molecule has 8 heteroatoms. The molecule has 0 bridgehead atoms. The Morgan fingerprint density at radius 2 is 2.20 bits per heavy atom. The molecule has 0 fully saturated rings. The minimum Gasteiger partial charge on any atom is -0.396 e. The van der Waals surface area contributed by atoms with Gasteiger partial charge in [0.1, 0.15) is 0 Å². The molecule has 1 heterocycles. The molecule has 1 aliphatic rings. The third-order valence-corrected chi connectivity index (χ3v) is 5.54. The molecule has 6 nitrogen and oxygen atoms in total. The van der Waals surface area contributed by atoms with Gasteiger partial charge in [-0.25, -0.2) is 13.1 Å². The maximum atomic E-state index is 12.3. The van der Waals surface area contributed by atoms with Crippen molar-refractivity contribution in [3.63, 3.8) is 0 Å². The lowest BCUT2D eigenvalue weighted by Gasteiger charge is -2.14. The summed E-state index contributed by atoms with van der Waals surface area (Å²) in [4.78, 5) is 11.4. The van der Waals surface area contributed by atoms with Crippen molar-refractivity contribution >= 4 is 37.5 Å². The molecule has 20 heavy (non-hydrogen) atoms. The molecule has 0 aliphatic carbocycles. The highest BCUT2D eigenvalue weighted by Crippen LogP contribution is 2.32. The van der Waals surface area contributed by atoms with Crippen molar-refractivity contribution in [2.45, 2.75) is 30.7 Å². The number of nitrogens with one attached hydrogen (secondary N) is 2. The van der Waals surface area contributed by atoms with Crippen LogP contribution in [0.5, 0.6) is 0 Å². The molecule has 1 aromatic rings. The molecule has 0 radical (unpaired) electrons. The van der Waals surface area contributed by atoms with Gasteiger partial charge in [0.05, 0.1) is 11.3 Å². The van der Waals surface area contributed by atoms with Crippen molar-refractivity contribution in [3.8, 4) is 0 Å². The summed E-state index contributed by atoms with van der Waals surface area (Å²) < 4.78 is 27.5. The summed E-state index contributed by atoms with van der Waals surface area (Å²) in [5.74, 6) is -0.150. The topological polar surface area (TPSA) is 95.5 Å². The highest BCUT2D eigenvalue weighted by Gasteiger charge is 2.25. The quantitative estimate of drug-likeness (QED) is 0.727. The van der Waals surface area contributed by atoms with Crippen LogP contribution in [0.4, 0.5) is 5.69 Å². The Morgan fingerprint density at radius 1 is 1.50 bits per heavy atom. The lowest BCUT2D eigenvalue weighted by Crippen LogP contribution is -2.33. The Balaban J connectivity index is 2.33. The van der Waals surface area contributed by atoms with Gasteiger partial charge in [-0.3, -0.25) is 4.79 Å². The van der Waals surface area contributed by atoms with Crippen molar-refractivity contribution in [2.24, 2.45) is 0 Å². The minimum atomic E-state index is -3.70. The molecule has 0 aromatic heterocycles. The molecule has 3 N–H and O–H groups in total. The van der Waals surface area contributed by atoms with Gasteiger partial charge in [0.25, 0.3) is 0 Å². The Kier molecular flexibility index (Phi) is 4.48. The minimum absolute atomic E-state index is 0.0898. The fraction of sp³-hybridized carbons (Fsp3) is 0.417. The van der Waals surface area contributed by atoms with E-state index in [-0.39, 0.29) is 29.9 Å². The number of benzene rings is 1. The van der Waals surface area contributed by atoms with Crippen molar-refractivity contribution < 1.29 is 18.3 Å². The second kappa shape index (κ2) is 5.80. The van der Waals surface area contributed by atoms with Gasteiger partial charge < -0.3 is 10.4 Å². The van der Waals surface area contributed by atoms with E-state index in [1.54, 1.807) is 13.0 Å². The predicted octanol–water partition coefficient (Wildman–Crippen LogP) is 0.993. The van der Waals surface area contributed by atoms with Crippen LogP contribution in [0.1, 0.15) is 18.9 Å². The second-order valence-electron chi connectivity index (χ2n) is 4.70. The molecule has 0 saturated carbocycles. The Bertz CT molecular complexity index is 645. The predicted molar refractivity (Wildman–Crippen MR) is 78.0 cm³/mol. The molecule has 1 aromatic carbocycles. The zero-order valence-electron chi connectivity index (χ0n) is 10.8. The molecular weight excluding hydrogens is 348 g/mol. The number of halogens is 1. The maximum Gasteiger partial charge on any atom is 0.241 e. The number of hydrogen-bond acceptors (Lipinski definition) is 4. The van der Waals surface area contributed by atoms with Gasteiger partial charge in [-0.15, -0.1) is 0 Å². The van der Waals surface area contributed by atoms with Gasteiger partial charge in [0.2, 0.25) is 15.9 Å². The van der Waals surface area contributed by atoms with E-state index in [4.69, 9.17) is 5.11 Å². The van der Waals surface area contributed by atoms with Crippen LogP contribution >= 0.6 is 15.9 Å². The lowest BCUT2D eigenvalue weighted by molar-refractivity contribution is -0.115. The summed E-state index contributed by atoms with van der Waals surface area (Å²) in [6, 6.07) is 2.71. The van der Waals surface area contributed by atoms with Gasteiger partial charge in [0, 0.05) is 22.8 Å². The number of sulfonamides is 1. The fourth-order valence-corrected chi connectivity index (χ4v) is 4.38. The first kappa shape index (κ1) is 15.4. The zero-order chi connectivity index (χ0) is 14.9. The van der Waals surface area contributed by atoms with E-state index in [0.717, 1.165) is 0 Å². The standard InChI is InChI=1S/C12H15BrN2O4S/c1-7(2-3-16)15-20(18,19)11-4-8-5-12(17)14-10(8)6-9(11)13/h4,6-7,15-16H,2-3,5H2,1H3,(H,14,17). The van der Waals surface area contributed by atoms with Gasteiger partial charge in [0.15, 0.2) is 0 Å². The number of aliphatic hydroxyl groups excluding tert-OH is 1. The summed E-state index contributed by atoms with van der Waals surface area (Å²) in [6.07, 6.45) is 0.513. The van der Waals surface area contributed by atoms with Crippen LogP contribution in [0, 0.1) is 0 Å². The first-order chi connectivity index (χ1) is 9.33. The number of fused-ring (bicyclic) bond motifs is 1. The van der Waals surface area contributed by atoms with Crippen molar-refractivity contribution in [1.82, 2.24) is 4.72 Å². The number of hydrogen-bond donors (Lipinski definition) is 3. The molecule has 1 aliphatic heterocycles. The Hall–Kier alpha value is -0.960. The van der Waals surface area contributed by atoms with Crippen LogP contribution in [0.25, 0.3) is 0 Å². The van der Waals surface area contributed by atoms with Crippen molar-refractivity contribution in [3.05, 3.63) is 22.2 Å². The van der Waals surface area contributed by atoms with Crippen LogP contribution in [0.15, 0.2) is 21.5 Å². The molecular formula is C12H15BrN2O4S. The van der Waals surface area contributed by atoms with E-state index in [9.17, 15) is 13.2 Å². The highest BCUT2D eigenvalue weighted by atomic mass is 79.9. The van der Waals surface area contributed by atoms with E-state index in [2.05, 4.69) is 26.0 Å². The van der Waals surface area contributed by atoms with Crippen LogP contribution in [-0.4, -0.2) is 32.1 Å². The van der Waals surface area contributed by atoms with E-state index in [1.165, 1.54) is 6.07 Å². The molecule has 1 atom stereocenters. The summed E-state index contributed by atoms with van der Waals surface area (Å²) in [5, 5.41) is 11.5. The molecule has 1 unspecified atom stereocenters. The van der Waals surface area contributed by atoms with Gasteiger partial charge in [-0.05, 0) is 47.0 Å². The number of carbonyl (C=O) groups excluding carboxylic acids is 1. The molecule has 2 rings (SSSR count). The summed E-state index contributed by atoms with van der Waals surface area (Å²) in [6.45, 7) is 1.59. The number of anilines is 1. The van der Waals surface area contributed by atoms with E-state index < -0.39 is 10.0 Å². The number of rotatable bonds is 5. The molecule has 110 valence electrons. The Labute approximate surface area is 125 Å². The summed E-state index contributed by atoms with van der Waals surface area (Å²) in [5.41, 5.74) is 1.29. The first-order valence-electron chi connectivity index (χ1n) is 6.09. The van der Waals surface area contributed by atoms with E-state index in [1.807, 2.05) is 0 Å². The number of aliphatic hydroxyl groups is 1. The fourth-order valence-electron chi connectivity index (χ4n) is 2.01. The van der Waals surface area contributed by atoms with Crippen LogP contribution in [0.3, 0.4) is 0 Å². The first-order valence-corrected chi connectivity index (χ1v) is 8.36. The average molecular weight is 363 g/mol. The second-order valence-corrected chi connectivity index (χ2v) is 7.24. The third kappa shape index (κ3) is 3.20. The average Bonchev–Trinajstić information content (AvgIpc) is 2.66. The summed E-state index contributed by atoms with van der Waals surface area (Å²) in [7, 11) is -3.70. The smallest absolute Gasteiger partial charge is 0.241 e. The van der Waals surface area contributed by atoms with Crippen LogP contribution in [0.2, 0.25) is 0 Å². The van der Waals surface area contributed by atoms with E-state index >= 15 is 0 Å². The van der Waals surface area contributed by atoms with Crippen molar-refractivity contribution in [2.75, 3.05) is 11.9 Å². The monoisotopic (exact) mass is 362 g/mol. The lowest BCUT2D eigenvalue weighted by atomic mass is 10.2. The molecule has 0 spiro atoms. The number of carbonyl (C=O) groups is 1. The van der Waals surface area contributed by atoms with E-state index in [0.29, 0.717) is 22.1 Å². The van der Waals surface area contributed by atoms with Gasteiger partial charge in [-0.1, -0.05) is 0 Å². The van der Waals surface area contributed by atoms with Crippen LogP contribution < -0.4 is 10.0 Å². The van der Waals surface area contributed by atoms with Gasteiger partial charge in [-0.2, -0.15) is 0 Å². The molecule has 0 saturated heterocycles.